The molecule has 0 saturated carbocycles. The molecule has 0 amide bonds. The van der Waals surface area contributed by atoms with E-state index in [9.17, 15) is 9.59 Å². The lowest BCUT2D eigenvalue weighted by molar-refractivity contribution is 0.184. The summed E-state index contributed by atoms with van der Waals surface area (Å²) >= 11 is 0. The molecule has 3 aromatic heterocycles. The molecular weight excluding hydrogens is 346 g/mol. The molecule has 0 saturated heterocycles. The molecule has 0 unspecified atom stereocenters. The summed E-state index contributed by atoms with van der Waals surface area (Å²) in [5.74, 6) is 0.614. The lowest BCUT2D eigenvalue weighted by Gasteiger charge is -2.08. The molecule has 0 N–H and O–H groups in total. The number of ether oxygens (including phenoxy) is 1. The van der Waals surface area contributed by atoms with Crippen molar-refractivity contribution in [3.05, 3.63) is 62.6 Å². The molecule has 0 bridgehead atoms. The average Bonchev–Trinajstić information content (AvgIpc) is 3.17. The lowest BCUT2D eigenvalue weighted by Crippen LogP contribution is -2.40. The van der Waals surface area contributed by atoms with Crippen LogP contribution in [0.2, 0.25) is 0 Å². The maximum absolute atomic E-state index is 13.1. The van der Waals surface area contributed by atoms with Gasteiger partial charge in [-0.3, -0.25) is 22.9 Å². The van der Waals surface area contributed by atoms with Gasteiger partial charge in [-0.25, -0.2) is 4.79 Å². The fraction of sp³-hybridized carbons (Fsp3) is 0.316. The fourth-order valence-electron chi connectivity index (χ4n) is 3.52. The highest BCUT2D eigenvalue weighted by atomic mass is 16.5. The molecule has 1 aromatic carbocycles. The van der Waals surface area contributed by atoms with Crippen molar-refractivity contribution < 1.29 is 4.74 Å². The SMILES string of the molecule is COCCn1c(=O)c2c(nc3n(-c4ccccc4)c(C)c(C)n23)n(C)c1=O. The van der Waals surface area contributed by atoms with Gasteiger partial charge in [-0.2, -0.15) is 4.98 Å². The van der Waals surface area contributed by atoms with E-state index < -0.39 is 5.69 Å². The van der Waals surface area contributed by atoms with E-state index in [0.717, 1.165) is 17.1 Å². The second-order valence-corrected chi connectivity index (χ2v) is 6.55. The van der Waals surface area contributed by atoms with Crippen molar-refractivity contribution in [2.45, 2.75) is 20.4 Å². The van der Waals surface area contributed by atoms with Crippen molar-refractivity contribution >= 4 is 16.9 Å². The van der Waals surface area contributed by atoms with Crippen LogP contribution in [-0.4, -0.2) is 36.8 Å². The molecule has 0 radical (unpaired) electrons. The van der Waals surface area contributed by atoms with Crippen LogP contribution in [0.1, 0.15) is 11.4 Å². The monoisotopic (exact) mass is 367 g/mol. The first kappa shape index (κ1) is 17.3. The van der Waals surface area contributed by atoms with Crippen molar-refractivity contribution in [2.24, 2.45) is 7.05 Å². The molecule has 0 aliphatic heterocycles. The number of benzene rings is 1. The van der Waals surface area contributed by atoms with E-state index in [0.29, 0.717) is 16.9 Å². The van der Waals surface area contributed by atoms with Crippen LogP contribution >= 0.6 is 0 Å². The van der Waals surface area contributed by atoms with Crippen molar-refractivity contribution in [1.29, 1.82) is 0 Å². The summed E-state index contributed by atoms with van der Waals surface area (Å²) in [6.45, 7) is 4.43. The van der Waals surface area contributed by atoms with Gasteiger partial charge >= 0.3 is 5.69 Å². The van der Waals surface area contributed by atoms with Crippen LogP contribution in [-0.2, 0) is 18.3 Å². The zero-order valence-electron chi connectivity index (χ0n) is 15.8. The van der Waals surface area contributed by atoms with E-state index in [2.05, 4.69) is 4.98 Å². The van der Waals surface area contributed by atoms with Crippen molar-refractivity contribution in [1.82, 2.24) is 23.1 Å². The molecule has 8 nitrogen and oxygen atoms in total. The summed E-state index contributed by atoms with van der Waals surface area (Å²) in [5, 5.41) is 0. The Hall–Kier alpha value is -3.13. The van der Waals surface area contributed by atoms with E-state index in [4.69, 9.17) is 4.74 Å². The Morgan fingerprint density at radius 1 is 1.07 bits per heavy atom. The minimum Gasteiger partial charge on any atom is -0.383 e. The van der Waals surface area contributed by atoms with Crippen molar-refractivity contribution in [2.75, 3.05) is 13.7 Å². The highest BCUT2D eigenvalue weighted by Gasteiger charge is 2.22. The summed E-state index contributed by atoms with van der Waals surface area (Å²) in [5.41, 5.74) is 2.87. The molecule has 4 rings (SSSR count). The zero-order valence-corrected chi connectivity index (χ0v) is 15.8. The summed E-state index contributed by atoms with van der Waals surface area (Å²) < 4.78 is 11.5. The molecule has 0 aliphatic carbocycles. The lowest BCUT2D eigenvalue weighted by atomic mass is 10.3. The van der Waals surface area contributed by atoms with Crippen LogP contribution in [0.4, 0.5) is 0 Å². The van der Waals surface area contributed by atoms with Crippen molar-refractivity contribution in [3.63, 3.8) is 0 Å². The molecule has 0 aliphatic rings. The molecule has 8 heteroatoms. The van der Waals surface area contributed by atoms with Gasteiger partial charge in [0.25, 0.3) is 5.56 Å². The Morgan fingerprint density at radius 3 is 2.44 bits per heavy atom. The van der Waals surface area contributed by atoms with Crippen LogP contribution in [0.15, 0.2) is 39.9 Å². The highest BCUT2D eigenvalue weighted by molar-refractivity contribution is 5.77. The Kier molecular flexibility index (Phi) is 4.00. The largest absolute Gasteiger partial charge is 0.383 e. The van der Waals surface area contributed by atoms with Crippen molar-refractivity contribution in [3.8, 4) is 5.69 Å². The first-order valence-electron chi connectivity index (χ1n) is 8.71. The minimum atomic E-state index is -0.397. The second kappa shape index (κ2) is 6.24. The first-order chi connectivity index (χ1) is 13.0. The number of aryl methyl sites for hydroxylation is 2. The predicted octanol–water partition coefficient (Wildman–Crippen LogP) is 1.40. The summed E-state index contributed by atoms with van der Waals surface area (Å²) in [4.78, 5) is 30.4. The van der Waals surface area contributed by atoms with E-state index in [1.807, 2.05) is 53.1 Å². The second-order valence-electron chi connectivity index (χ2n) is 6.55. The van der Waals surface area contributed by atoms with E-state index >= 15 is 0 Å². The van der Waals surface area contributed by atoms with Gasteiger partial charge in [0, 0.05) is 31.2 Å². The predicted molar refractivity (Wildman–Crippen MR) is 103 cm³/mol. The van der Waals surface area contributed by atoms with Gasteiger partial charge in [-0.1, -0.05) is 18.2 Å². The number of nitrogens with zero attached hydrogens (tertiary/aromatic N) is 5. The van der Waals surface area contributed by atoms with Gasteiger partial charge in [-0.15, -0.1) is 0 Å². The maximum atomic E-state index is 13.1. The van der Waals surface area contributed by atoms with Crippen LogP contribution in [0.5, 0.6) is 0 Å². The number of aromatic nitrogens is 5. The smallest absolute Gasteiger partial charge is 0.332 e. The zero-order chi connectivity index (χ0) is 19.3. The molecular formula is C19H21N5O3. The van der Waals surface area contributed by atoms with Gasteiger partial charge < -0.3 is 4.74 Å². The van der Waals surface area contributed by atoms with E-state index in [1.54, 1.807) is 14.2 Å². The molecule has 27 heavy (non-hydrogen) atoms. The normalized spacial score (nSPS) is 11.7. The Bertz CT molecular complexity index is 1270. The Morgan fingerprint density at radius 2 is 1.78 bits per heavy atom. The molecule has 0 spiro atoms. The summed E-state index contributed by atoms with van der Waals surface area (Å²) in [7, 11) is 3.17. The summed E-state index contributed by atoms with van der Waals surface area (Å²) in [6.07, 6.45) is 0. The third kappa shape index (κ3) is 2.37. The quantitative estimate of drug-likeness (QED) is 0.546. The Balaban J connectivity index is 2.16. The number of rotatable bonds is 4. The molecule has 3 heterocycles. The van der Waals surface area contributed by atoms with Crippen LogP contribution in [0.3, 0.4) is 0 Å². The van der Waals surface area contributed by atoms with Gasteiger partial charge in [0.2, 0.25) is 5.78 Å². The van der Waals surface area contributed by atoms with E-state index in [-0.39, 0.29) is 18.7 Å². The van der Waals surface area contributed by atoms with Crippen LogP contribution in [0.25, 0.3) is 22.6 Å². The average molecular weight is 367 g/mol. The summed E-state index contributed by atoms with van der Waals surface area (Å²) in [6, 6.07) is 9.84. The standard InChI is InChI=1S/C19H21N5O3/c1-12-13(2)24-15-16(20-18(24)23(12)14-8-6-5-7-9-14)21(3)19(26)22(17(15)25)10-11-27-4/h5-9H,10-11H2,1-4H3. The number of hydrogen-bond donors (Lipinski definition) is 0. The number of para-hydroxylation sites is 1. The number of imidazole rings is 2. The van der Waals surface area contributed by atoms with Gasteiger partial charge in [0.05, 0.1) is 13.2 Å². The van der Waals surface area contributed by atoms with Gasteiger partial charge in [0.1, 0.15) is 0 Å². The van der Waals surface area contributed by atoms with Crippen LogP contribution in [0, 0.1) is 13.8 Å². The van der Waals surface area contributed by atoms with E-state index in [1.165, 1.54) is 9.13 Å². The van der Waals surface area contributed by atoms with Gasteiger partial charge in [-0.05, 0) is 26.0 Å². The number of fused-ring (bicyclic) bond motifs is 3. The highest BCUT2D eigenvalue weighted by Crippen LogP contribution is 2.24. The Labute approximate surface area is 154 Å². The number of hydrogen-bond acceptors (Lipinski definition) is 4. The van der Waals surface area contributed by atoms with Crippen LogP contribution < -0.4 is 11.2 Å². The molecule has 140 valence electrons. The maximum Gasteiger partial charge on any atom is 0.332 e. The topological polar surface area (TPSA) is 75.5 Å². The molecule has 0 fully saturated rings. The molecule has 4 aromatic rings. The van der Waals surface area contributed by atoms with Gasteiger partial charge in [0.15, 0.2) is 11.2 Å². The number of methoxy groups -OCH3 is 1. The minimum absolute atomic E-state index is 0.197. The fourth-order valence-corrected chi connectivity index (χ4v) is 3.52. The third-order valence-corrected chi connectivity index (χ3v) is 5.05. The third-order valence-electron chi connectivity index (χ3n) is 5.05. The first-order valence-corrected chi connectivity index (χ1v) is 8.71. The molecule has 0 atom stereocenters.